The minimum atomic E-state index is -0.851. The van der Waals surface area contributed by atoms with E-state index >= 15 is 0 Å². The fraction of sp³-hybridized carbons (Fsp3) is 0.591. The predicted octanol–water partition coefficient (Wildman–Crippen LogP) is 2.82. The number of amides is 2. The third-order valence-electron chi connectivity index (χ3n) is 5.30. The molecule has 1 aromatic carbocycles. The van der Waals surface area contributed by atoms with E-state index in [1.165, 1.54) is 11.3 Å². The molecule has 1 aliphatic carbocycles. The Morgan fingerprint density at radius 3 is 2.66 bits per heavy atom. The van der Waals surface area contributed by atoms with Crippen molar-refractivity contribution in [3.8, 4) is 5.75 Å². The van der Waals surface area contributed by atoms with E-state index in [2.05, 4.69) is 5.32 Å². The van der Waals surface area contributed by atoms with E-state index in [1.807, 2.05) is 13.8 Å². The van der Waals surface area contributed by atoms with Crippen molar-refractivity contribution < 1.29 is 23.9 Å². The summed E-state index contributed by atoms with van der Waals surface area (Å²) in [5.74, 6) is -0.413. The lowest BCUT2D eigenvalue weighted by Crippen LogP contribution is -2.47. The molecule has 1 atom stereocenters. The number of carbonyl (C=O) groups excluding carboxylic acids is 3. The first-order chi connectivity index (χ1) is 13.9. The average Bonchev–Trinajstić information content (AvgIpc) is 2.70. The molecule has 0 bridgehead atoms. The number of rotatable bonds is 7. The second kappa shape index (κ2) is 9.76. The van der Waals surface area contributed by atoms with Crippen LogP contribution in [0.1, 0.15) is 52.4 Å². The van der Waals surface area contributed by atoms with Gasteiger partial charge in [-0.25, -0.2) is 0 Å². The van der Waals surface area contributed by atoms with E-state index in [4.69, 9.17) is 9.47 Å². The molecule has 0 spiro atoms. The van der Waals surface area contributed by atoms with E-state index in [0.717, 1.165) is 25.7 Å². The van der Waals surface area contributed by atoms with Crippen LogP contribution >= 0.6 is 0 Å². The molecule has 3 rings (SSSR count). The van der Waals surface area contributed by atoms with Crippen LogP contribution in [0.5, 0.6) is 5.75 Å². The fourth-order valence-electron chi connectivity index (χ4n) is 3.83. The number of hydrogen-bond acceptors (Lipinski definition) is 5. The fourth-order valence-corrected chi connectivity index (χ4v) is 3.83. The summed E-state index contributed by atoms with van der Waals surface area (Å²) in [6.45, 7) is 3.60. The molecule has 2 amide bonds. The van der Waals surface area contributed by atoms with Crippen molar-refractivity contribution in [1.82, 2.24) is 5.32 Å². The molecule has 1 fully saturated rings. The highest BCUT2D eigenvalue weighted by Gasteiger charge is 2.31. The molecule has 0 saturated heterocycles. The number of nitrogens with zero attached hydrogens (tertiary/aromatic N) is 1. The molecule has 0 unspecified atom stereocenters. The second-order valence-electron chi connectivity index (χ2n) is 8.19. The predicted molar refractivity (Wildman–Crippen MR) is 109 cm³/mol. The maximum Gasteiger partial charge on any atom is 0.326 e. The van der Waals surface area contributed by atoms with Crippen molar-refractivity contribution >= 4 is 23.5 Å². The quantitative estimate of drug-likeness (QED) is 0.709. The van der Waals surface area contributed by atoms with E-state index < -0.39 is 12.1 Å². The van der Waals surface area contributed by atoms with Gasteiger partial charge in [0.15, 0.2) is 12.7 Å². The largest absolute Gasteiger partial charge is 0.482 e. The van der Waals surface area contributed by atoms with Crippen molar-refractivity contribution in [3.05, 3.63) is 24.3 Å². The number of hydrogen-bond donors (Lipinski definition) is 1. The number of para-hydroxylation sites is 2. The van der Waals surface area contributed by atoms with Gasteiger partial charge in [0, 0.05) is 6.04 Å². The summed E-state index contributed by atoms with van der Waals surface area (Å²) < 4.78 is 10.9. The summed E-state index contributed by atoms with van der Waals surface area (Å²) in [5.41, 5.74) is 0.535. The van der Waals surface area contributed by atoms with Crippen LogP contribution in [0.4, 0.5) is 5.69 Å². The molecule has 29 heavy (non-hydrogen) atoms. The average molecular weight is 402 g/mol. The Labute approximate surface area is 171 Å². The Hall–Kier alpha value is -2.57. The number of esters is 1. The number of benzene rings is 1. The van der Waals surface area contributed by atoms with Crippen LogP contribution in [0.15, 0.2) is 24.3 Å². The standard InChI is InChI=1S/C22H30N2O5/c1-15(2)12-19(22(27)23-16-8-4-3-5-9-16)29-21(26)13-24-17-10-6-7-11-18(17)28-14-20(24)25/h6-7,10-11,15-16,19H,3-5,8-9,12-14H2,1-2H3,(H,23,27)/t19-/m1/s1. The number of fused-ring (bicyclic) bond motifs is 1. The first kappa shape index (κ1) is 21.1. The van der Waals surface area contributed by atoms with Crippen molar-refractivity contribution in [3.63, 3.8) is 0 Å². The summed E-state index contributed by atoms with van der Waals surface area (Å²) >= 11 is 0. The van der Waals surface area contributed by atoms with Gasteiger partial charge in [0.25, 0.3) is 11.8 Å². The molecule has 0 radical (unpaired) electrons. The molecule has 158 valence electrons. The van der Waals surface area contributed by atoms with Crippen molar-refractivity contribution in [1.29, 1.82) is 0 Å². The number of nitrogens with one attached hydrogen (secondary N) is 1. The van der Waals surface area contributed by atoms with Crippen LogP contribution < -0.4 is 15.0 Å². The van der Waals surface area contributed by atoms with Gasteiger partial charge in [0.1, 0.15) is 12.3 Å². The van der Waals surface area contributed by atoms with E-state index in [1.54, 1.807) is 24.3 Å². The lowest BCUT2D eigenvalue weighted by atomic mass is 9.95. The van der Waals surface area contributed by atoms with Crippen molar-refractivity contribution in [2.75, 3.05) is 18.1 Å². The molecular weight excluding hydrogens is 372 g/mol. The van der Waals surface area contributed by atoms with Gasteiger partial charge in [-0.2, -0.15) is 0 Å². The smallest absolute Gasteiger partial charge is 0.326 e. The Balaban J connectivity index is 1.63. The summed E-state index contributed by atoms with van der Waals surface area (Å²) in [7, 11) is 0. The van der Waals surface area contributed by atoms with Crippen molar-refractivity contribution in [2.45, 2.75) is 64.5 Å². The minimum absolute atomic E-state index is 0.123. The highest BCUT2D eigenvalue weighted by Crippen LogP contribution is 2.31. The zero-order chi connectivity index (χ0) is 20.8. The van der Waals surface area contributed by atoms with Gasteiger partial charge in [0.05, 0.1) is 5.69 Å². The van der Waals surface area contributed by atoms with Crippen LogP contribution in [-0.4, -0.2) is 43.1 Å². The number of carbonyl (C=O) groups is 3. The van der Waals surface area contributed by atoms with Gasteiger partial charge in [-0.1, -0.05) is 45.2 Å². The molecule has 1 N–H and O–H groups in total. The molecule has 2 aliphatic rings. The molecule has 7 nitrogen and oxygen atoms in total. The van der Waals surface area contributed by atoms with Crippen LogP contribution in [0.2, 0.25) is 0 Å². The van der Waals surface area contributed by atoms with Gasteiger partial charge >= 0.3 is 5.97 Å². The van der Waals surface area contributed by atoms with Crippen LogP contribution in [0.3, 0.4) is 0 Å². The maximum absolute atomic E-state index is 12.7. The molecule has 1 saturated carbocycles. The van der Waals surface area contributed by atoms with Crippen molar-refractivity contribution in [2.24, 2.45) is 5.92 Å². The zero-order valence-electron chi connectivity index (χ0n) is 17.2. The summed E-state index contributed by atoms with van der Waals surface area (Å²) in [6.07, 6.45) is 4.94. The van der Waals surface area contributed by atoms with E-state index in [-0.39, 0.29) is 36.9 Å². The lowest BCUT2D eigenvalue weighted by molar-refractivity contribution is -0.156. The SMILES string of the molecule is CC(C)C[C@@H](OC(=O)CN1C(=O)COc2ccccc21)C(=O)NC1CCCCC1. The first-order valence-electron chi connectivity index (χ1n) is 10.5. The Morgan fingerprint density at radius 2 is 1.93 bits per heavy atom. The van der Waals surface area contributed by atoms with Gasteiger partial charge < -0.3 is 14.8 Å². The Morgan fingerprint density at radius 1 is 1.21 bits per heavy atom. The number of ether oxygens (including phenoxy) is 2. The van der Waals surface area contributed by atoms with Gasteiger partial charge in [-0.3, -0.25) is 19.3 Å². The molecule has 7 heteroatoms. The normalized spacial score (nSPS) is 18.0. The summed E-state index contributed by atoms with van der Waals surface area (Å²) in [6, 6.07) is 7.20. The van der Waals surface area contributed by atoms with E-state index in [0.29, 0.717) is 17.9 Å². The summed E-state index contributed by atoms with van der Waals surface area (Å²) in [4.78, 5) is 39.0. The molecule has 1 aromatic rings. The van der Waals surface area contributed by atoms with Gasteiger partial charge in [-0.05, 0) is 37.3 Å². The van der Waals surface area contributed by atoms with Gasteiger partial charge in [-0.15, -0.1) is 0 Å². The topological polar surface area (TPSA) is 84.9 Å². The second-order valence-corrected chi connectivity index (χ2v) is 8.19. The Kier molecular flexibility index (Phi) is 7.12. The highest BCUT2D eigenvalue weighted by molar-refractivity contribution is 6.01. The zero-order valence-corrected chi connectivity index (χ0v) is 17.2. The summed E-state index contributed by atoms with van der Waals surface area (Å²) in [5, 5.41) is 3.04. The molecule has 0 aromatic heterocycles. The van der Waals surface area contributed by atoms with Crippen LogP contribution in [0.25, 0.3) is 0 Å². The minimum Gasteiger partial charge on any atom is -0.482 e. The first-order valence-corrected chi connectivity index (χ1v) is 10.5. The van der Waals surface area contributed by atoms with Gasteiger partial charge in [0.2, 0.25) is 0 Å². The molecular formula is C22H30N2O5. The molecule has 1 heterocycles. The van der Waals surface area contributed by atoms with E-state index in [9.17, 15) is 14.4 Å². The third-order valence-corrected chi connectivity index (χ3v) is 5.30. The highest BCUT2D eigenvalue weighted by atomic mass is 16.5. The monoisotopic (exact) mass is 402 g/mol. The maximum atomic E-state index is 12.7. The number of anilines is 1. The lowest BCUT2D eigenvalue weighted by Gasteiger charge is -2.29. The van der Waals surface area contributed by atoms with Crippen LogP contribution in [0, 0.1) is 5.92 Å². The molecule has 1 aliphatic heterocycles. The third kappa shape index (κ3) is 5.71. The Bertz CT molecular complexity index is 742. The van der Waals surface area contributed by atoms with Crippen LogP contribution in [-0.2, 0) is 19.1 Å².